The lowest BCUT2D eigenvalue weighted by molar-refractivity contribution is -0.157. The second kappa shape index (κ2) is 12.4. The number of benzene rings is 4. The Morgan fingerprint density at radius 1 is 0.935 bits per heavy atom. The first kappa shape index (κ1) is 29.1. The number of nitrogens with zero attached hydrogens (tertiary/aromatic N) is 4. The van der Waals surface area contributed by atoms with Gasteiger partial charge >= 0.3 is 6.03 Å². The Bertz CT molecular complexity index is 1960. The molecule has 2 fully saturated rings. The molecule has 0 spiro atoms. The van der Waals surface area contributed by atoms with Crippen LogP contribution in [-0.4, -0.2) is 69.5 Å². The van der Waals surface area contributed by atoms with Crippen molar-refractivity contribution in [1.82, 2.24) is 25.1 Å². The third kappa shape index (κ3) is 5.55. The second-order valence-corrected chi connectivity index (χ2v) is 11.7. The van der Waals surface area contributed by atoms with Gasteiger partial charge in [0.1, 0.15) is 17.8 Å². The molecular formula is C37H33N5O4. The normalized spacial score (nSPS) is 18.2. The van der Waals surface area contributed by atoms with Gasteiger partial charge in [0.2, 0.25) is 11.8 Å². The van der Waals surface area contributed by atoms with E-state index in [9.17, 15) is 14.4 Å². The summed E-state index contributed by atoms with van der Waals surface area (Å²) in [7, 11) is 0. The van der Waals surface area contributed by atoms with E-state index in [1.165, 1.54) is 5.01 Å². The van der Waals surface area contributed by atoms with E-state index in [1.807, 2.05) is 83.8 Å². The molecule has 46 heavy (non-hydrogen) atoms. The number of amides is 4. The van der Waals surface area contributed by atoms with Gasteiger partial charge in [0.25, 0.3) is 0 Å². The highest BCUT2D eigenvalue weighted by molar-refractivity contribution is 5.92. The number of fused-ring (bicyclic) bond motifs is 3. The van der Waals surface area contributed by atoms with Gasteiger partial charge in [-0.05, 0) is 45.7 Å². The maximum Gasteiger partial charge on any atom is 0.333 e. The summed E-state index contributed by atoms with van der Waals surface area (Å²) in [6, 6.07) is 30.3. The number of urea groups is 1. The summed E-state index contributed by atoms with van der Waals surface area (Å²) in [6.07, 6.45) is 7.11. The number of hydrogen-bond acceptors (Lipinski definition) is 5. The van der Waals surface area contributed by atoms with E-state index in [1.54, 1.807) is 16.2 Å². The van der Waals surface area contributed by atoms with Crippen molar-refractivity contribution in [2.75, 3.05) is 19.6 Å². The fraction of sp³-hybridized carbons (Fsp3) is 0.216. The zero-order valence-corrected chi connectivity index (χ0v) is 25.2. The number of terminal acetylenes is 1. The first-order chi connectivity index (χ1) is 22.5. The number of nitrogens with one attached hydrogen (secondary N) is 1. The summed E-state index contributed by atoms with van der Waals surface area (Å²) in [5, 5.41) is 9.17. The highest BCUT2D eigenvalue weighted by atomic mass is 16.3. The van der Waals surface area contributed by atoms with E-state index < -0.39 is 18.2 Å². The first-order valence-electron chi connectivity index (χ1n) is 15.3. The average molecular weight is 612 g/mol. The van der Waals surface area contributed by atoms with Crippen molar-refractivity contribution in [3.8, 4) is 12.3 Å². The maximum absolute atomic E-state index is 14.3. The lowest BCUT2D eigenvalue weighted by Gasteiger charge is -2.46. The Hall–Kier alpha value is -5.59. The molecule has 0 saturated carbocycles. The lowest BCUT2D eigenvalue weighted by Crippen LogP contribution is -2.66. The molecule has 2 aliphatic rings. The van der Waals surface area contributed by atoms with Crippen LogP contribution in [0.4, 0.5) is 4.79 Å². The van der Waals surface area contributed by atoms with E-state index in [0.29, 0.717) is 19.5 Å². The smallest absolute Gasteiger partial charge is 0.333 e. The van der Waals surface area contributed by atoms with Crippen molar-refractivity contribution < 1.29 is 18.8 Å². The van der Waals surface area contributed by atoms with Crippen molar-refractivity contribution in [3.05, 3.63) is 120 Å². The van der Waals surface area contributed by atoms with E-state index in [2.05, 4.69) is 29.4 Å². The third-order valence-electron chi connectivity index (χ3n) is 8.83. The fourth-order valence-electron chi connectivity index (χ4n) is 6.62. The van der Waals surface area contributed by atoms with Gasteiger partial charge in [-0.25, -0.2) is 9.80 Å². The summed E-state index contributed by atoms with van der Waals surface area (Å²) >= 11 is 0. The minimum Gasteiger partial charge on any atom is -0.464 e. The van der Waals surface area contributed by atoms with Gasteiger partial charge in [-0.15, -0.1) is 6.42 Å². The van der Waals surface area contributed by atoms with Gasteiger partial charge in [0.05, 0.1) is 25.9 Å². The monoisotopic (exact) mass is 611 g/mol. The van der Waals surface area contributed by atoms with E-state index in [4.69, 9.17) is 10.8 Å². The van der Waals surface area contributed by atoms with Crippen LogP contribution < -0.4 is 5.32 Å². The zero-order valence-electron chi connectivity index (χ0n) is 25.2. The molecular weight excluding hydrogens is 578 g/mol. The van der Waals surface area contributed by atoms with Crippen molar-refractivity contribution in [2.45, 2.75) is 31.7 Å². The minimum absolute atomic E-state index is 0.0304. The van der Waals surface area contributed by atoms with Crippen LogP contribution in [-0.2, 0) is 29.1 Å². The van der Waals surface area contributed by atoms with Crippen LogP contribution in [0.5, 0.6) is 0 Å². The van der Waals surface area contributed by atoms with Crippen LogP contribution in [0, 0.1) is 12.3 Å². The number of carbonyl (C=O) groups excluding carboxylic acids is 3. The third-order valence-corrected chi connectivity index (χ3v) is 8.83. The maximum atomic E-state index is 14.3. The molecule has 2 aliphatic heterocycles. The Morgan fingerprint density at radius 3 is 2.59 bits per heavy atom. The number of rotatable bonds is 8. The van der Waals surface area contributed by atoms with Crippen molar-refractivity contribution in [3.63, 3.8) is 0 Å². The summed E-state index contributed by atoms with van der Waals surface area (Å²) in [4.78, 5) is 45.2. The van der Waals surface area contributed by atoms with Crippen LogP contribution in [0.3, 0.4) is 0 Å². The highest BCUT2D eigenvalue weighted by Gasteiger charge is 2.52. The van der Waals surface area contributed by atoms with Crippen LogP contribution in [0.1, 0.15) is 16.7 Å². The number of furan rings is 1. The van der Waals surface area contributed by atoms with Crippen LogP contribution >= 0.6 is 0 Å². The average Bonchev–Trinajstić information content (AvgIpc) is 3.68. The van der Waals surface area contributed by atoms with Crippen molar-refractivity contribution in [1.29, 1.82) is 0 Å². The molecule has 7 rings (SSSR count). The van der Waals surface area contributed by atoms with Gasteiger partial charge in [0.15, 0.2) is 0 Å². The summed E-state index contributed by atoms with van der Waals surface area (Å²) in [5.74, 6) is 2.22. The SMILES string of the molecule is C#CCN(C(=O)NCc1ccccc1)N1CC(=O)N2[C@@H](Cc3ccc4occc4c3)C(=O)N(Cc3cccc4ccccc34)C[C@@H]21. The van der Waals surface area contributed by atoms with E-state index in [-0.39, 0.29) is 31.4 Å². The highest BCUT2D eigenvalue weighted by Crippen LogP contribution is 2.32. The van der Waals surface area contributed by atoms with Gasteiger partial charge in [-0.2, -0.15) is 5.01 Å². The molecule has 5 aromatic rings. The Balaban J connectivity index is 1.22. The largest absolute Gasteiger partial charge is 0.464 e. The van der Waals surface area contributed by atoms with Gasteiger partial charge in [-0.3, -0.25) is 9.59 Å². The second-order valence-electron chi connectivity index (χ2n) is 11.7. The molecule has 230 valence electrons. The molecule has 0 radical (unpaired) electrons. The summed E-state index contributed by atoms with van der Waals surface area (Å²) in [6.45, 7) is 0.786. The quantitative estimate of drug-likeness (QED) is 0.256. The standard InChI is InChI=1S/C37H33N5O4/c1-2-18-40(37(45)38-22-26-9-4-3-5-10-26)41-25-35(43)42-32(21-27-15-16-33-29(20-27)17-19-46-33)36(44)39(24-34(41)42)23-30-13-8-12-28-11-6-7-14-31(28)30/h1,3-17,19-20,32,34H,18,21-25H2,(H,38,45)/t32-,34+/m0/s1. The van der Waals surface area contributed by atoms with E-state index in [0.717, 1.165) is 38.4 Å². The number of hydrogen-bond donors (Lipinski definition) is 1. The summed E-state index contributed by atoms with van der Waals surface area (Å²) < 4.78 is 5.52. The van der Waals surface area contributed by atoms with Crippen LogP contribution in [0.25, 0.3) is 21.7 Å². The molecule has 1 aromatic heterocycles. The predicted octanol–water partition coefficient (Wildman–Crippen LogP) is 4.77. The summed E-state index contributed by atoms with van der Waals surface area (Å²) in [5.41, 5.74) is 3.61. The van der Waals surface area contributed by atoms with Crippen LogP contribution in [0.2, 0.25) is 0 Å². The fourth-order valence-corrected chi connectivity index (χ4v) is 6.62. The zero-order chi connectivity index (χ0) is 31.6. The molecule has 1 N–H and O–H groups in total. The molecule has 9 heteroatoms. The molecule has 2 atom stereocenters. The topological polar surface area (TPSA) is 89.3 Å². The minimum atomic E-state index is -0.768. The molecule has 4 aromatic carbocycles. The Labute approximate surface area is 266 Å². The Kier molecular flexibility index (Phi) is 7.87. The first-order valence-corrected chi connectivity index (χ1v) is 15.3. The predicted molar refractivity (Wildman–Crippen MR) is 175 cm³/mol. The van der Waals surface area contributed by atoms with E-state index >= 15 is 0 Å². The number of piperazine rings is 1. The van der Waals surface area contributed by atoms with Gasteiger partial charge in [-0.1, -0.05) is 84.8 Å². The molecule has 9 nitrogen and oxygen atoms in total. The molecule has 0 unspecified atom stereocenters. The number of carbonyl (C=O) groups is 3. The van der Waals surface area contributed by atoms with Gasteiger partial charge < -0.3 is 19.5 Å². The van der Waals surface area contributed by atoms with Crippen molar-refractivity contribution in [2.24, 2.45) is 0 Å². The Morgan fingerprint density at radius 2 is 1.74 bits per heavy atom. The van der Waals surface area contributed by atoms with Crippen LogP contribution in [0.15, 0.2) is 108 Å². The number of hydrazine groups is 1. The molecule has 2 saturated heterocycles. The molecule has 3 heterocycles. The van der Waals surface area contributed by atoms with Crippen molar-refractivity contribution >= 4 is 39.6 Å². The molecule has 0 aliphatic carbocycles. The molecule has 4 amide bonds. The molecule has 0 bridgehead atoms. The van der Waals surface area contributed by atoms with Gasteiger partial charge in [0, 0.05) is 24.9 Å². The lowest BCUT2D eigenvalue weighted by atomic mass is 9.98.